The third kappa shape index (κ3) is 14.9. The Kier molecular flexibility index (Phi) is 20.3. The molecule has 0 aliphatic carbocycles. The van der Waals surface area contributed by atoms with Crippen molar-refractivity contribution in [1.82, 2.24) is 20.0 Å². The lowest BCUT2D eigenvalue weighted by atomic mass is 10.0. The zero-order chi connectivity index (χ0) is 46.6. The summed E-state index contributed by atoms with van der Waals surface area (Å²) in [6.07, 6.45) is 18.0. The Morgan fingerprint density at radius 3 is 1.97 bits per heavy atom. The van der Waals surface area contributed by atoms with E-state index in [0.29, 0.717) is 22.6 Å². The van der Waals surface area contributed by atoms with Crippen molar-refractivity contribution in [3.63, 3.8) is 0 Å². The van der Waals surface area contributed by atoms with E-state index in [9.17, 15) is 27.6 Å². The van der Waals surface area contributed by atoms with Crippen LogP contribution in [0.15, 0.2) is 83.8 Å². The van der Waals surface area contributed by atoms with Crippen molar-refractivity contribution >= 4 is 56.6 Å². The monoisotopic (exact) mass is 932 g/mol. The molecule has 0 radical (unpaired) electrons. The largest absolute Gasteiger partial charge is 0.491 e. The first-order valence-corrected chi connectivity index (χ1v) is 25.0. The Hall–Kier alpha value is -5.25. The molecule has 1 fully saturated rings. The lowest BCUT2D eigenvalue weighted by molar-refractivity contribution is -0.144. The second-order valence-corrected chi connectivity index (χ2v) is 18.6. The van der Waals surface area contributed by atoms with Crippen LogP contribution < -0.4 is 14.8 Å². The predicted octanol–water partition coefficient (Wildman–Crippen LogP) is 10.8. The number of hydrogen-bond donors (Lipinski definition) is 3. The van der Waals surface area contributed by atoms with Crippen LogP contribution in [0.5, 0.6) is 5.75 Å². The van der Waals surface area contributed by atoms with Gasteiger partial charge in [0.2, 0.25) is 12.0 Å². The Labute approximate surface area is 389 Å². The van der Waals surface area contributed by atoms with Crippen LogP contribution in [0.4, 0.5) is 16.2 Å². The number of amides is 4. The van der Waals surface area contributed by atoms with Crippen molar-refractivity contribution in [3.8, 4) is 5.75 Å². The van der Waals surface area contributed by atoms with Crippen LogP contribution in [0, 0.1) is 6.92 Å². The number of sulfonamides is 1. The van der Waals surface area contributed by atoms with Crippen LogP contribution in [0.2, 0.25) is 5.02 Å². The number of urea groups is 1. The molecule has 0 spiro atoms. The summed E-state index contributed by atoms with van der Waals surface area (Å²) in [5.41, 5.74) is 1.02. The number of nitrogens with one attached hydrogen (secondary N) is 3. The fraction of sp³-hybridized carbons (Fsp3) is 0.490. The van der Waals surface area contributed by atoms with E-state index in [-0.39, 0.29) is 52.5 Å². The number of carbonyl (C=O) groups excluding carboxylic acids is 4. The molecule has 1 aliphatic heterocycles. The van der Waals surface area contributed by atoms with Gasteiger partial charge in [0.15, 0.2) is 6.04 Å². The molecule has 3 N–H and O–H groups in total. The van der Waals surface area contributed by atoms with Crippen molar-refractivity contribution in [3.05, 3.63) is 101 Å². The van der Waals surface area contributed by atoms with Crippen molar-refractivity contribution in [2.24, 2.45) is 0 Å². The van der Waals surface area contributed by atoms with Crippen LogP contribution in [-0.2, 0) is 30.9 Å². The number of Topliss-reactive ketones (excluding diaryl/α,β-unsaturated/α-hetero) is 1. The number of aromatic nitrogens is 2. The van der Waals surface area contributed by atoms with E-state index in [1.807, 2.05) is 6.07 Å². The van der Waals surface area contributed by atoms with Crippen LogP contribution in [0.1, 0.15) is 138 Å². The quantitative estimate of drug-likeness (QED) is 0.0198. The molecule has 5 rings (SSSR count). The molecule has 14 nitrogen and oxygen atoms in total. The summed E-state index contributed by atoms with van der Waals surface area (Å²) in [6, 6.07) is 17.6. The molecule has 4 aromatic rings. The number of hydrogen-bond acceptors (Lipinski definition) is 9. The average Bonchev–Trinajstić information content (AvgIpc) is 3.82. The van der Waals surface area contributed by atoms with E-state index in [1.165, 1.54) is 113 Å². The fourth-order valence-electron chi connectivity index (χ4n) is 7.79. The van der Waals surface area contributed by atoms with Crippen molar-refractivity contribution in [1.29, 1.82) is 0 Å². The molecule has 2 unspecified atom stereocenters. The summed E-state index contributed by atoms with van der Waals surface area (Å²) in [7, 11) is -4.29. The minimum atomic E-state index is -4.29. The molecule has 65 heavy (non-hydrogen) atoms. The van der Waals surface area contributed by atoms with E-state index < -0.39 is 45.9 Å². The fourth-order valence-corrected chi connectivity index (χ4v) is 9.14. The maximum absolute atomic E-state index is 14.6. The summed E-state index contributed by atoms with van der Waals surface area (Å²) in [4.78, 5) is 58.8. The third-order valence-corrected chi connectivity index (χ3v) is 13.0. The number of anilines is 2. The number of benzene rings is 3. The molecule has 3 aromatic carbocycles. The molecule has 2 atom stereocenters. The maximum Gasteiger partial charge on any atom is 0.330 e. The molecule has 0 saturated carbocycles. The molecule has 1 aromatic heterocycles. The van der Waals surface area contributed by atoms with Gasteiger partial charge in [-0.05, 0) is 62.2 Å². The van der Waals surface area contributed by atoms with Gasteiger partial charge in [-0.3, -0.25) is 29.1 Å². The van der Waals surface area contributed by atoms with E-state index in [0.717, 1.165) is 24.2 Å². The number of ketones is 1. The molecule has 1 saturated heterocycles. The van der Waals surface area contributed by atoms with E-state index in [1.54, 1.807) is 50.2 Å². The van der Waals surface area contributed by atoms with E-state index in [4.69, 9.17) is 21.1 Å². The van der Waals surface area contributed by atoms with Gasteiger partial charge < -0.3 is 14.8 Å². The van der Waals surface area contributed by atoms with Crippen molar-refractivity contribution in [2.75, 3.05) is 23.3 Å². The normalized spacial score (nSPS) is 14.5. The lowest BCUT2D eigenvalue weighted by Gasteiger charge is -2.24. The summed E-state index contributed by atoms with van der Waals surface area (Å²) in [6.45, 7) is 5.82. The van der Waals surface area contributed by atoms with E-state index >= 15 is 0 Å². The van der Waals surface area contributed by atoms with Gasteiger partial charge in [-0.15, -0.1) is 0 Å². The lowest BCUT2D eigenvalue weighted by Crippen LogP contribution is -2.52. The molecule has 0 bridgehead atoms. The molecule has 4 amide bonds. The highest BCUT2D eigenvalue weighted by Gasteiger charge is 2.53. The minimum absolute atomic E-state index is 0.0493. The number of imide groups is 1. The van der Waals surface area contributed by atoms with Gasteiger partial charge in [0.25, 0.3) is 21.8 Å². The van der Waals surface area contributed by atoms with Crippen molar-refractivity contribution in [2.45, 2.75) is 147 Å². The average molecular weight is 934 g/mol. The third-order valence-electron chi connectivity index (χ3n) is 11.3. The molecule has 1 aliphatic rings. The summed E-state index contributed by atoms with van der Waals surface area (Å²) < 4.78 is 41.8. The Morgan fingerprint density at radius 1 is 0.785 bits per heavy atom. The number of carbonyl (C=O) groups is 4. The number of unbranched alkanes of at least 4 members (excludes halogenated alkanes) is 15. The summed E-state index contributed by atoms with van der Waals surface area (Å²) in [5, 5.41) is 9.52. The first-order chi connectivity index (χ1) is 31.4. The molecule has 16 heteroatoms. The van der Waals surface area contributed by atoms with Crippen LogP contribution in [-0.4, -0.2) is 77.5 Å². The number of H-pyrrole nitrogens is 1. The first kappa shape index (κ1) is 50.7. The number of para-hydroxylation sites is 1. The number of rotatable bonds is 30. The number of aromatic amines is 1. The van der Waals surface area contributed by atoms with Gasteiger partial charge in [-0.2, -0.15) is 5.10 Å². The second-order valence-electron chi connectivity index (χ2n) is 16.5. The molecule has 2 heterocycles. The van der Waals surface area contributed by atoms with Gasteiger partial charge in [-0.1, -0.05) is 157 Å². The second kappa shape index (κ2) is 26.0. The SMILES string of the molecule is CCCCCCCCCCCCCCCCCCOc1ccc(S(=O)(=O)Nc2ccccc2Cl)cc1NC(=O)C(C(=O)c1cc(C)[nH]n1)N1C(=O)C(OCC)N(Cc2ccccc2)C1=O. The Morgan fingerprint density at radius 2 is 1.38 bits per heavy atom. The standard InChI is InChI=1S/C49H65ClN6O8S/c1-4-6-7-8-9-10-11-12-13-14-15-16-17-18-19-25-32-64-43-31-30-38(65(61,62)54-40-29-24-23-28-39(40)50)34-41(43)51-46(58)44(45(57)42-33-36(3)52-53-42)56-47(59)48(63-5-2)55(49(56)60)35-37-26-21-20-22-27-37/h20-24,26-31,33-34,44,48,54H,4-19,25,32,35H2,1-3H3,(H,51,58)(H,52,53). The number of halogens is 1. The van der Waals surface area contributed by atoms with Gasteiger partial charge in [0.1, 0.15) is 11.4 Å². The highest BCUT2D eigenvalue weighted by Crippen LogP contribution is 2.32. The smallest absolute Gasteiger partial charge is 0.330 e. The predicted molar refractivity (Wildman–Crippen MR) is 253 cm³/mol. The zero-order valence-electron chi connectivity index (χ0n) is 38.0. The number of nitrogens with zero attached hydrogens (tertiary/aromatic N) is 3. The number of aryl methyl sites for hydroxylation is 1. The van der Waals surface area contributed by atoms with Crippen LogP contribution >= 0.6 is 11.6 Å². The van der Waals surface area contributed by atoms with E-state index in [2.05, 4.69) is 27.2 Å². The minimum Gasteiger partial charge on any atom is -0.491 e. The molecular weight excluding hydrogens is 868 g/mol. The molecular formula is C49H65ClN6O8S. The van der Waals surface area contributed by atoms with Crippen LogP contribution in [0.3, 0.4) is 0 Å². The van der Waals surface area contributed by atoms with Crippen LogP contribution in [0.25, 0.3) is 0 Å². The topological polar surface area (TPSA) is 180 Å². The highest BCUT2D eigenvalue weighted by atomic mass is 35.5. The Balaban J connectivity index is 1.30. The highest BCUT2D eigenvalue weighted by molar-refractivity contribution is 7.92. The van der Waals surface area contributed by atoms with Gasteiger partial charge >= 0.3 is 6.03 Å². The first-order valence-electron chi connectivity index (χ1n) is 23.2. The van der Waals surface area contributed by atoms with Gasteiger partial charge in [0, 0.05) is 12.3 Å². The zero-order valence-corrected chi connectivity index (χ0v) is 39.6. The Bertz CT molecular complexity index is 2270. The van der Waals surface area contributed by atoms with Gasteiger partial charge in [-0.25, -0.2) is 18.1 Å². The number of ether oxygens (including phenoxy) is 2. The molecule has 352 valence electrons. The summed E-state index contributed by atoms with van der Waals surface area (Å²) >= 11 is 6.28. The maximum atomic E-state index is 14.6. The summed E-state index contributed by atoms with van der Waals surface area (Å²) in [5.74, 6) is -2.86. The van der Waals surface area contributed by atoms with Crippen molar-refractivity contribution < 1.29 is 37.1 Å². The van der Waals surface area contributed by atoms with Gasteiger partial charge in [0.05, 0.1) is 34.4 Å².